The fourth-order valence-corrected chi connectivity index (χ4v) is 4.22. The first-order valence-electron chi connectivity index (χ1n) is 11.9. The number of likely N-dealkylation sites (tertiary alicyclic amines) is 1. The van der Waals surface area contributed by atoms with E-state index in [1.54, 1.807) is 0 Å². The summed E-state index contributed by atoms with van der Waals surface area (Å²) in [6, 6.07) is 18.6. The molecule has 1 N–H and O–H groups in total. The van der Waals surface area contributed by atoms with E-state index in [-0.39, 0.29) is 17.2 Å². The van der Waals surface area contributed by atoms with Crippen molar-refractivity contribution in [3.05, 3.63) is 71.6 Å². The van der Waals surface area contributed by atoms with E-state index in [9.17, 15) is 4.79 Å². The topological polar surface area (TPSA) is 71.3 Å². The fraction of sp³-hybridized carbons (Fsp3) is 0.444. The molecule has 0 radical (unpaired) electrons. The van der Waals surface area contributed by atoms with E-state index in [1.807, 2.05) is 18.2 Å². The Balaban J connectivity index is 1.22. The van der Waals surface area contributed by atoms with Crippen LogP contribution < -0.4 is 5.32 Å². The van der Waals surface area contributed by atoms with Crippen LogP contribution in [0.3, 0.4) is 0 Å². The number of aromatic nitrogens is 2. The molecule has 4 rings (SSSR count). The van der Waals surface area contributed by atoms with Crippen molar-refractivity contribution in [2.75, 3.05) is 19.6 Å². The lowest BCUT2D eigenvalue weighted by Gasteiger charge is -2.30. The smallest absolute Gasteiger partial charge is 0.241 e. The van der Waals surface area contributed by atoms with Crippen molar-refractivity contribution in [2.24, 2.45) is 5.92 Å². The highest BCUT2D eigenvalue weighted by Crippen LogP contribution is 2.25. The lowest BCUT2D eigenvalue weighted by molar-refractivity contribution is -0.126. The molecule has 1 aliphatic rings. The predicted molar refractivity (Wildman–Crippen MR) is 130 cm³/mol. The van der Waals surface area contributed by atoms with E-state index in [4.69, 9.17) is 4.52 Å². The van der Waals surface area contributed by atoms with Crippen LogP contribution in [0.25, 0.3) is 11.4 Å². The average Bonchev–Trinajstić information content (AvgIpc) is 3.28. The van der Waals surface area contributed by atoms with Gasteiger partial charge >= 0.3 is 0 Å². The highest BCUT2D eigenvalue weighted by molar-refractivity contribution is 5.78. The summed E-state index contributed by atoms with van der Waals surface area (Å²) in [5, 5.41) is 7.27. The zero-order chi connectivity index (χ0) is 23.3. The second-order valence-corrected chi connectivity index (χ2v) is 9.92. The number of carbonyl (C=O) groups excluding carboxylic acids is 1. The third-order valence-electron chi connectivity index (χ3n) is 6.35. The van der Waals surface area contributed by atoms with Crippen molar-refractivity contribution in [3.63, 3.8) is 0 Å². The van der Waals surface area contributed by atoms with Crippen molar-refractivity contribution in [1.29, 1.82) is 0 Å². The van der Waals surface area contributed by atoms with Gasteiger partial charge in [0.25, 0.3) is 0 Å². The zero-order valence-corrected chi connectivity index (χ0v) is 19.9. The van der Waals surface area contributed by atoms with Crippen LogP contribution >= 0.6 is 0 Å². The highest BCUT2D eigenvalue weighted by atomic mass is 16.5. The van der Waals surface area contributed by atoms with Gasteiger partial charge in [-0.1, -0.05) is 80.5 Å². The molecule has 0 atom stereocenters. The third-order valence-corrected chi connectivity index (χ3v) is 6.35. The van der Waals surface area contributed by atoms with Crippen molar-refractivity contribution in [1.82, 2.24) is 20.4 Å². The minimum Gasteiger partial charge on any atom is -0.356 e. The maximum atomic E-state index is 12.5. The first kappa shape index (κ1) is 23.2. The molecule has 0 bridgehead atoms. The lowest BCUT2D eigenvalue weighted by atomic mass is 9.87. The van der Waals surface area contributed by atoms with Gasteiger partial charge < -0.3 is 9.84 Å². The standard InChI is InChI=1S/C27H34N4O2/c1-27(2,3)23-11-9-21(10-12-23)25-29-24(33-30-25)19-31-17-14-22(15-18-31)26(32)28-16-13-20-7-5-4-6-8-20/h4-12,22H,13-19H2,1-3H3,(H,28,32). The Hall–Kier alpha value is -2.99. The summed E-state index contributed by atoms with van der Waals surface area (Å²) in [7, 11) is 0. The molecule has 33 heavy (non-hydrogen) atoms. The van der Waals surface area contributed by atoms with Gasteiger partial charge in [-0.25, -0.2) is 0 Å². The van der Waals surface area contributed by atoms with Gasteiger partial charge in [-0.2, -0.15) is 4.98 Å². The molecule has 6 heteroatoms. The molecule has 1 aromatic heterocycles. The maximum absolute atomic E-state index is 12.5. The third kappa shape index (κ3) is 6.29. The molecule has 1 saturated heterocycles. The Morgan fingerprint density at radius 3 is 2.42 bits per heavy atom. The van der Waals surface area contributed by atoms with E-state index in [0.717, 1.165) is 37.9 Å². The predicted octanol–water partition coefficient (Wildman–Crippen LogP) is 4.61. The van der Waals surface area contributed by atoms with Crippen LogP contribution in [-0.2, 0) is 23.2 Å². The number of nitrogens with zero attached hydrogens (tertiary/aromatic N) is 3. The molecular weight excluding hydrogens is 412 g/mol. The normalized spacial score (nSPS) is 15.5. The van der Waals surface area contributed by atoms with Crippen LogP contribution in [0.15, 0.2) is 59.1 Å². The largest absolute Gasteiger partial charge is 0.356 e. The van der Waals surface area contributed by atoms with Crippen LogP contribution in [-0.4, -0.2) is 40.6 Å². The SMILES string of the molecule is CC(C)(C)c1ccc(-c2noc(CN3CCC(C(=O)NCCc4ccccc4)CC3)n2)cc1. The molecule has 3 aromatic rings. The molecule has 1 fully saturated rings. The summed E-state index contributed by atoms with van der Waals surface area (Å²) >= 11 is 0. The Labute approximate surface area is 196 Å². The summed E-state index contributed by atoms with van der Waals surface area (Å²) in [6.45, 7) is 9.62. The van der Waals surface area contributed by atoms with Gasteiger partial charge in [0.05, 0.1) is 6.54 Å². The number of amides is 1. The monoisotopic (exact) mass is 446 g/mol. The number of piperidine rings is 1. The number of nitrogens with one attached hydrogen (secondary N) is 1. The summed E-state index contributed by atoms with van der Waals surface area (Å²) in [5.41, 5.74) is 3.61. The lowest BCUT2D eigenvalue weighted by Crippen LogP contribution is -2.40. The second kappa shape index (κ2) is 10.3. The van der Waals surface area contributed by atoms with Crippen LogP contribution in [0.1, 0.15) is 50.6 Å². The molecule has 0 saturated carbocycles. The first-order chi connectivity index (χ1) is 15.9. The van der Waals surface area contributed by atoms with Crippen LogP contribution in [0.4, 0.5) is 0 Å². The number of carbonyl (C=O) groups is 1. The molecule has 0 spiro atoms. The molecule has 2 heterocycles. The van der Waals surface area contributed by atoms with Gasteiger partial charge in [0.2, 0.25) is 17.6 Å². The molecule has 0 aliphatic carbocycles. The number of rotatable bonds is 7. The van der Waals surface area contributed by atoms with E-state index in [2.05, 4.69) is 77.5 Å². The summed E-state index contributed by atoms with van der Waals surface area (Å²) in [4.78, 5) is 19.4. The maximum Gasteiger partial charge on any atom is 0.241 e. The quantitative estimate of drug-likeness (QED) is 0.574. The van der Waals surface area contributed by atoms with E-state index < -0.39 is 0 Å². The van der Waals surface area contributed by atoms with E-state index in [1.165, 1.54) is 11.1 Å². The molecule has 174 valence electrons. The van der Waals surface area contributed by atoms with Crippen molar-refractivity contribution < 1.29 is 9.32 Å². The Morgan fingerprint density at radius 1 is 1.06 bits per heavy atom. The van der Waals surface area contributed by atoms with Gasteiger partial charge in [0.1, 0.15) is 0 Å². The number of hydrogen-bond acceptors (Lipinski definition) is 5. The van der Waals surface area contributed by atoms with Crippen LogP contribution in [0.5, 0.6) is 0 Å². The average molecular weight is 447 g/mol. The van der Waals surface area contributed by atoms with Gasteiger partial charge in [-0.15, -0.1) is 0 Å². The molecule has 0 unspecified atom stereocenters. The van der Waals surface area contributed by atoms with Crippen LogP contribution in [0, 0.1) is 5.92 Å². The Kier molecular flexibility index (Phi) is 7.23. The van der Waals surface area contributed by atoms with E-state index in [0.29, 0.717) is 24.8 Å². The molecule has 1 amide bonds. The zero-order valence-electron chi connectivity index (χ0n) is 19.9. The van der Waals surface area contributed by atoms with Gasteiger partial charge in [-0.05, 0) is 48.9 Å². The van der Waals surface area contributed by atoms with Gasteiger partial charge in [0.15, 0.2) is 0 Å². The minimum atomic E-state index is 0.0802. The van der Waals surface area contributed by atoms with Crippen molar-refractivity contribution in [3.8, 4) is 11.4 Å². The van der Waals surface area contributed by atoms with Gasteiger partial charge in [-0.3, -0.25) is 9.69 Å². The molecular formula is C27H34N4O2. The minimum absolute atomic E-state index is 0.0802. The summed E-state index contributed by atoms with van der Waals surface area (Å²) < 4.78 is 5.51. The summed E-state index contributed by atoms with van der Waals surface area (Å²) in [5.74, 6) is 1.50. The first-order valence-corrected chi connectivity index (χ1v) is 11.9. The van der Waals surface area contributed by atoms with Crippen molar-refractivity contribution >= 4 is 5.91 Å². The van der Waals surface area contributed by atoms with Crippen molar-refractivity contribution in [2.45, 2.75) is 52.0 Å². The van der Waals surface area contributed by atoms with E-state index >= 15 is 0 Å². The molecule has 1 aliphatic heterocycles. The molecule has 2 aromatic carbocycles. The number of hydrogen-bond donors (Lipinski definition) is 1. The summed E-state index contributed by atoms with van der Waals surface area (Å²) in [6.07, 6.45) is 2.57. The fourth-order valence-electron chi connectivity index (χ4n) is 4.22. The van der Waals surface area contributed by atoms with Crippen LogP contribution in [0.2, 0.25) is 0 Å². The Bertz CT molecular complexity index is 1030. The second-order valence-electron chi connectivity index (χ2n) is 9.92. The molecule has 6 nitrogen and oxygen atoms in total. The van der Waals surface area contributed by atoms with Gasteiger partial charge in [0, 0.05) is 18.0 Å². The highest BCUT2D eigenvalue weighted by Gasteiger charge is 2.26. The Morgan fingerprint density at radius 2 is 1.76 bits per heavy atom. The number of benzene rings is 2.